The summed E-state index contributed by atoms with van der Waals surface area (Å²) < 4.78 is 11.5. The van der Waals surface area contributed by atoms with E-state index in [0.29, 0.717) is 26.0 Å². The van der Waals surface area contributed by atoms with Crippen molar-refractivity contribution in [2.45, 2.75) is 69.1 Å². The summed E-state index contributed by atoms with van der Waals surface area (Å²) in [6, 6.07) is 6.22. The summed E-state index contributed by atoms with van der Waals surface area (Å²) in [6.07, 6.45) is 9.49. The van der Waals surface area contributed by atoms with Gasteiger partial charge in [0, 0.05) is 38.0 Å². The van der Waals surface area contributed by atoms with E-state index in [-0.39, 0.29) is 17.2 Å². The lowest BCUT2D eigenvalue weighted by Crippen LogP contribution is -2.47. The molecule has 2 amide bonds. The molecule has 7 heteroatoms. The molecule has 170 valence electrons. The predicted molar refractivity (Wildman–Crippen MR) is 121 cm³/mol. The number of fused-ring (bicyclic) bond motifs is 1. The molecule has 2 aliphatic heterocycles. The van der Waals surface area contributed by atoms with E-state index in [2.05, 4.69) is 17.4 Å². The Bertz CT molecular complexity index is 759. The number of amides is 2. The van der Waals surface area contributed by atoms with E-state index in [4.69, 9.17) is 8.92 Å². The molecule has 6 nitrogen and oxygen atoms in total. The number of unbranched alkanes of at least 4 members (excludes halogenated alkanes) is 1. The van der Waals surface area contributed by atoms with Crippen LogP contribution >= 0.6 is 12.0 Å². The molecule has 1 aromatic rings. The van der Waals surface area contributed by atoms with E-state index in [9.17, 15) is 9.59 Å². The van der Waals surface area contributed by atoms with E-state index in [1.54, 1.807) is 0 Å². The number of hydrogen-bond acceptors (Lipinski definition) is 6. The number of carbonyl (C=O) groups is 2. The average Bonchev–Trinajstić information content (AvgIpc) is 3.21. The van der Waals surface area contributed by atoms with Gasteiger partial charge in [0.25, 0.3) is 0 Å². The lowest BCUT2D eigenvalue weighted by atomic mass is 9.76. The third-order valence-electron chi connectivity index (χ3n) is 6.71. The Morgan fingerprint density at radius 2 is 1.87 bits per heavy atom. The molecular weight excluding hydrogens is 412 g/mol. The van der Waals surface area contributed by atoms with E-state index >= 15 is 0 Å². The monoisotopic (exact) mass is 446 g/mol. The molecule has 0 unspecified atom stereocenters. The van der Waals surface area contributed by atoms with Crippen molar-refractivity contribution in [1.29, 1.82) is 0 Å². The quantitative estimate of drug-likeness (QED) is 0.331. The second-order valence-electron chi connectivity index (χ2n) is 9.06. The third-order valence-corrected chi connectivity index (χ3v) is 7.50. The van der Waals surface area contributed by atoms with Crippen molar-refractivity contribution in [3.8, 4) is 5.75 Å². The highest BCUT2D eigenvalue weighted by Gasteiger charge is 2.44. The molecule has 2 fully saturated rings. The van der Waals surface area contributed by atoms with Crippen LogP contribution in [0, 0.1) is 5.41 Å². The van der Waals surface area contributed by atoms with Gasteiger partial charge in [-0.25, -0.2) is 0 Å². The van der Waals surface area contributed by atoms with Crippen LogP contribution in [0.15, 0.2) is 23.1 Å². The summed E-state index contributed by atoms with van der Waals surface area (Å²) >= 11 is 1.38. The topological polar surface area (TPSA) is 67.9 Å². The number of para-hydroxylation sites is 1. The molecule has 1 saturated carbocycles. The number of carbonyl (C=O) groups excluding carboxylic acids is 2. The Morgan fingerprint density at radius 3 is 2.68 bits per heavy atom. The molecule has 3 aliphatic rings. The summed E-state index contributed by atoms with van der Waals surface area (Å²) in [5.74, 6) is 1.07. The van der Waals surface area contributed by atoms with Crippen LogP contribution in [0.2, 0.25) is 0 Å². The molecule has 0 atom stereocenters. The van der Waals surface area contributed by atoms with Gasteiger partial charge < -0.3 is 14.2 Å². The van der Waals surface area contributed by atoms with Crippen molar-refractivity contribution in [3.05, 3.63) is 23.8 Å². The summed E-state index contributed by atoms with van der Waals surface area (Å²) in [6.45, 7) is 3.58. The molecule has 4 rings (SSSR count). The average molecular weight is 447 g/mol. The van der Waals surface area contributed by atoms with Gasteiger partial charge in [0.1, 0.15) is 5.75 Å². The number of ether oxygens (including phenoxy) is 1. The first-order valence-electron chi connectivity index (χ1n) is 11.7. The van der Waals surface area contributed by atoms with Crippen LogP contribution in [0.3, 0.4) is 0 Å². The highest BCUT2D eigenvalue weighted by molar-refractivity contribution is 7.94. The number of likely N-dealkylation sites (tertiary alicyclic amines) is 1. The van der Waals surface area contributed by atoms with Crippen molar-refractivity contribution in [1.82, 2.24) is 10.2 Å². The number of nitrogens with one attached hydrogen (secondary N) is 1. The molecule has 1 saturated heterocycles. The smallest absolute Gasteiger partial charge is 0.229 e. The zero-order valence-electron chi connectivity index (χ0n) is 18.3. The van der Waals surface area contributed by atoms with E-state index in [0.717, 1.165) is 81.7 Å². The lowest BCUT2D eigenvalue weighted by Gasteiger charge is -2.37. The minimum absolute atomic E-state index is 0.00456. The van der Waals surface area contributed by atoms with Crippen molar-refractivity contribution in [2.24, 2.45) is 5.41 Å². The minimum atomic E-state index is -0.00456. The predicted octanol–water partition coefficient (Wildman–Crippen LogP) is 4.11. The Labute approximate surface area is 189 Å². The van der Waals surface area contributed by atoms with Gasteiger partial charge >= 0.3 is 0 Å². The molecule has 0 aromatic heterocycles. The standard InChI is InChI=1S/C24H34N2O4S/c27-21-17-24(10-1-2-11-24)18-22(28)26(21)14-4-3-12-25-13-16-30-31-20-9-5-7-19-8-6-15-29-23(19)20/h5,7,9,25H,1-4,6,8,10-18H2. The summed E-state index contributed by atoms with van der Waals surface area (Å²) in [4.78, 5) is 27.5. The molecule has 0 bridgehead atoms. The summed E-state index contributed by atoms with van der Waals surface area (Å²) in [7, 11) is 0. The Morgan fingerprint density at radius 1 is 1.06 bits per heavy atom. The number of hydrogen-bond donors (Lipinski definition) is 1. The third kappa shape index (κ3) is 5.82. The van der Waals surface area contributed by atoms with Gasteiger partial charge in [0.05, 0.1) is 18.1 Å². The number of aryl methyl sites for hydroxylation is 1. The van der Waals surface area contributed by atoms with Crippen LogP contribution in [0.4, 0.5) is 0 Å². The number of imide groups is 1. The van der Waals surface area contributed by atoms with Gasteiger partial charge in [0.2, 0.25) is 11.8 Å². The van der Waals surface area contributed by atoms with Gasteiger partial charge in [-0.3, -0.25) is 14.5 Å². The molecular formula is C24H34N2O4S. The van der Waals surface area contributed by atoms with Crippen LogP contribution in [0.5, 0.6) is 5.75 Å². The first kappa shape index (κ1) is 22.6. The van der Waals surface area contributed by atoms with Crippen LogP contribution < -0.4 is 10.1 Å². The highest BCUT2D eigenvalue weighted by atomic mass is 32.2. The number of benzene rings is 1. The largest absolute Gasteiger partial charge is 0.492 e. The van der Waals surface area contributed by atoms with Crippen LogP contribution in [0.25, 0.3) is 0 Å². The fraction of sp³-hybridized carbons (Fsp3) is 0.667. The van der Waals surface area contributed by atoms with Crippen molar-refractivity contribution in [3.63, 3.8) is 0 Å². The van der Waals surface area contributed by atoms with Gasteiger partial charge in [-0.05, 0) is 62.1 Å². The molecule has 1 aliphatic carbocycles. The van der Waals surface area contributed by atoms with Crippen LogP contribution in [-0.2, 0) is 20.2 Å². The maximum Gasteiger partial charge on any atom is 0.229 e. The normalized spacial score (nSPS) is 20.2. The number of rotatable bonds is 10. The van der Waals surface area contributed by atoms with Crippen molar-refractivity contribution in [2.75, 3.05) is 32.8 Å². The van der Waals surface area contributed by atoms with Gasteiger partial charge in [-0.1, -0.05) is 25.0 Å². The number of piperidine rings is 1. The van der Waals surface area contributed by atoms with E-state index in [1.165, 1.54) is 22.5 Å². The van der Waals surface area contributed by atoms with E-state index < -0.39 is 0 Å². The second kappa shape index (κ2) is 10.8. The summed E-state index contributed by atoms with van der Waals surface area (Å²) in [5, 5.41) is 3.38. The highest BCUT2D eigenvalue weighted by Crippen LogP contribution is 2.46. The first-order chi connectivity index (χ1) is 15.2. The fourth-order valence-corrected chi connectivity index (χ4v) is 5.74. The SMILES string of the molecule is O=C1CC2(CCCC2)CC(=O)N1CCCCNCCOSc1cccc2c1OCCC2. The van der Waals surface area contributed by atoms with Crippen LogP contribution in [-0.4, -0.2) is 49.6 Å². The molecule has 1 spiro atoms. The molecule has 2 heterocycles. The van der Waals surface area contributed by atoms with Crippen LogP contribution in [0.1, 0.15) is 63.4 Å². The molecule has 31 heavy (non-hydrogen) atoms. The van der Waals surface area contributed by atoms with E-state index in [1.807, 2.05) is 6.07 Å². The zero-order chi connectivity index (χ0) is 21.5. The Balaban J connectivity index is 1.06. The first-order valence-corrected chi connectivity index (χ1v) is 12.5. The summed E-state index contributed by atoms with van der Waals surface area (Å²) in [5.41, 5.74) is 1.26. The Hall–Kier alpha value is -1.57. The molecule has 1 N–H and O–H groups in total. The lowest BCUT2D eigenvalue weighted by molar-refractivity contribution is -0.153. The molecule has 0 radical (unpaired) electrons. The molecule has 1 aromatic carbocycles. The van der Waals surface area contributed by atoms with Gasteiger partial charge in [-0.15, -0.1) is 0 Å². The second-order valence-corrected chi connectivity index (χ2v) is 9.90. The minimum Gasteiger partial charge on any atom is -0.492 e. The Kier molecular flexibility index (Phi) is 7.91. The van der Waals surface area contributed by atoms with Gasteiger partial charge in [0.15, 0.2) is 0 Å². The maximum atomic E-state index is 12.5. The van der Waals surface area contributed by atoms with Crippen molar-refractivity contribution >= 4 is 23.9 Å². The zero-order valence-corrected chi connectivity index (χ0v) is 19.1. The van der Waals surface area contributed by atoms with Gasteiger partial charge in [-0.2, -0.15) is 0 Å². The van der Waals surface area contributed by atoms with Crippen molar-refractivity contribution < 1.29 is 18.5 Å². The fourth-order valence-electron chi connectivity index (χ4n) is 5.05. The maximum absolute atomic E-state index is 12.5. The number of nitrogens with zero attached hydrogens (tertiary/aromatic N) is 1.